The minimum absolute atomic E-state index is 0.258. The van der Waals surface area contributed by atoms with Crippen molar-refractivity contribution in [2.24, 2.45) is 7.05 Å². The van der Waals surface area contributed by atoms with E-state index in [2.05, 4.69) is 20.6 Å². The molecule has 0 bridgehead atoms. The van der Waals surface area contributed by atoms with Gasteiger partial charge < -0.3 is 11.1 Å². The first-order valence-electron chi connectivity index (χ1n) is 4.51. The topological polar surface area (TPSA) is 98.7 Å². The highest BCUT2D eigenvalue weighted by molar-refractivity contribution is 7.16. The Hall–Kier alpha value is -1.96. The van der Waals surface area contributed by atoms with E-state index in [0.29, 0.717) is 6.54 Å². The number of aryl methyl sites for hydroxylation is 1. The van der Waals surface area contributed by atoms with Gasteiger partial charge in [-0.2, -0.15) is 5.10 Å². The first-order valence-corrected chi connectivity index (χ1v) is 5.32. The van der Waals surface area contributed by atoms with Gasteiger partial charge in [-0.15, -0.1) is 10.2 Å². The van der Waals surface area contributed by atoms with Gasteiger partial charge in [0.25, 0.3) is 5.91 Å². The number of nitrogen functional groups attached to an aromatic ring is 1. The van der Waals surface area contributed by atoms with E-state index < -0.39 is 0 Å². The lowest BCUT2D eigenvalue weighted by Crippen LogP contribution is -2.23. The second-order valence-electron chi connectivity index (χ2n) is 3.11. The molecule has 3 N–H and O–H groups in total. The van der Waals surface area contributed by atoms with Crippen LogP contribution in [0.5, 0.6) is 0 Å². The molecule has 2 heterocycles. The molecule has 8 heteroatoms. The van der Waals surface area contributed by atoms with Crippen molar-refractivity contribution >= 4 is 22.4 Å². The van der Waals surface area contributed by atoms with Gasteiger partial charge in [0.1, 0.15) is 0 Å². The molecule has 0 aliphatic rings. The molecular formula is C8H10N6OS. The van der Waals surface area contributed by atoms with Crippen LogP contribution in [0.2, 0.25) is 0 Å². The highest BCUT2D eigenvalue weighted by atomic mass is 32.1. The fraction of sp³-hybridized carbons (Fsp3) is 0.250. The Morgan fingerprint density at radius 2 is 2.44 bits per heavy atom. The van der Waals surface area contributed by atoms with E-state index in [9.17, 15) is 4.79 Å². The van der Waals surface area contributed by atoms with E-state index in [-0.39, 0.29) is 16.0 Å². The summed E-state index contributed by atoms with van der Waals surface area (Å²) in [6.45, 7) is 0.360. The second-order valence-corrected chi connectivity index (χ2v) is 4.12. The van der Waals surface area contributed by atoms with E-state index in [1.54, 1.807) is 4.68 Å². The SMILES string of the molecule is Cn1ccc(CNC(=O)c2nnc(N)s2)n1. The molecule has 2 aromatic rings. The molecule has 0 aliphatic heterocycles. The molecular weight excluding hydrogens is 228 g/mol. The number of anilines is 1. The van der Waals surface area contributed by atoms with Crippen LogP contribution < -0.4 is 11.1 Å². The van der Waals surface area contributed by atoms with E-state index in [1.165, 1.54) is 0 Å². The minimum atomic E-state index is -0.292. The summed E-state index contributed by atoms with van der Waals surface area (Å²) >= 11 is 1.05. The Kier molecular flexibility index (Phi) is 2.82. The first-order chi connectivity index (χ1) is 7.65. The standard InChI is InChI=1S/C8H10N6OS/c1-14-3-2-5(13-14)4-10-6(15)7-11-12-8(9)16-7/h2-3H,4H2,1H3,(H2,9,12)(H,10,15). The summed E-state index contributed by atoms with van der Waals surface area (Å²) < 4.78 is 1.67. The predicted octanol–water partition coefficient (Wildman–Crippen LogP) is -0.216. The van der Waals surface area contributed by atoms with E-state index in [0.717, 1.165) is 17.0 Å². The number of hydrogen-bond donors (Lipinski definition) is 2. The van der Waals surface area contributed by atoms with Gasteiger partial charge in [0.15, 0.2) is 0 Å². The van der Waals surface area contributed by atoms with Crippen molar-refractivity contribution in [3.8, 4) is 0 Å². The number of carbonyl (C=O) groups is 1. The van der Waals surface area contributed by atoms with Crippen LogP contribution in [-0.2, 0) is 13.6 Å². The molecule has 1 amide bonds. The lowest BCUT2D eigenvalue weighted by molar-refractivity contribution is 0.0949. The zero-order valence-corrected chi connectivity index (χ0v) is 9.36. The molecule has 0 radical (unpaired) electrons. The van der Waals surface area contributed by atoms with Crippen LogP contribution in [-0.4, -0.2) is 25.9 Å². The van der Waals surface area contributed by atoms with Crippen molar-refractivity contribution in [1.82, 2.24) is 25.3 Å². The summed E-state index contributed by atoms with van der Waals surface area (Å²) in [6, 6.07) is 1.83. The van der Waals surface area contributed by atoms with Crippen molar-refractivity contribution in [2.45, 2.75) is 6.54 Å². The number of rotatable bonds is 3. The average molecular weight is 238 g/mol. The summed E-state index contributed by atoms with van der Waals surface area (Å²) in [5.41, 5.74) is 6.16. The third-order valence-corrected chi connectivity index (χ3v) is 2.58. The quantitative estimate of drug-likeness (QED) is 0.770. The Morgan fingerprint density at radius 1 is 1.62 bits per heavy atom. The van der Waals surface area contributed by atoms with Gasteiger partial charge in [0.05, 0.1) is 12.2 Å². The van der Waals surface area contributed by atoms with E-state index in [1.807, 2.05) is 19.3 Å². The molecule has 0 atom stereocenters. The molecule has 0 aliphatic carbocycles. The predicted molar refractivity (Wildman–Crippen MR) is 58.7 cm³/mol. The first kappa shape index (κ1) is 10.6. The lowest BCUT2D eigenvalue weighted by Gasteiger charge is -1.98. The van der Waals surface area contributed by atoms with Crippen LogP contribution in [0.3, 0.4) is 0 Å². The third-order valence-electron chi connectivity index (χ3n) is 1.83. The van der Waals surface area contributed by atoms with Crippen molar-refractivity contribution in [1.29, 1.82) is 0 Å². The Morgan fingerprint density at radius 3 is 3.00 bits per heavy atom. The molecule has 0 saturated heterocycles. The fourth-order valence-electron chi connectivity index (χ4n) is 1.13. The molecule has 16 heavy (non-hydrogen) atoms. The van der Waals surface area contributed by atoms with Gasteiger partial charge in [-0.3, -0.25) is 9.48 Å². The van der Waals surface area contributed by atoms with Gasteiger partial charge in [-0.25, -0.2) is 0 Å². The maximum absolute atomic E-state index is 11.5. The molecule has 0 spiro atoms. The monoisotopic (exact) mass is 238 g/mol. The fourth-order valence-corrected chi connectivity index (χ4v) is 1.66. The smallest absolute Gasteiger partial charge is 0.282 e. The van der Waals surface area contributed by atoms with Gasteiger partial charge in [-0.05, 0) is 6.07 Å². The number of carbonyl (C=O) groups excluding carboxylic acids is 1. The molecule has 2 aromatic heterocycles. The van der Waals surface area contributed by atoms with Crippen molar-refractivity contribution in [3.63, 3.8) is 0 Å². The average Bonchev–Trinajstić information content (AvgIpc) is 2.84. The molecule has 0 fully saturated rings. The summed E-state index contributed by atoms with van der Waals surface area (Å²) in [7, 11) is 1.82. The van der Waals surface area contributed by atoms with Crippen LogP contribution >= 0.6 is 11.3 Å². The molecule has 84 valence electrons. The van der Waals surface area contributed by atoms with Crippen LogP contribution in [0.15, 0.2) is 12.3 Å². The number of nitrogens with two attached hydrogens (primary N) is 1. The number of nitrogens with zero attached hydrogens (tertiary/aromatic N) is 4. The lowest BCUT2D eigenvalue weighted by atomic mass is 10.4. The highest BCUT2D eigenvalue weighted by Crippen LogP contribution is 2.10. The summed E-state index contributed by atoms with van der Waals surface area (Å²) in [5.74, 6) is -0.292. The maximum atomic E-state index is 11.5. The third kappa shape index (κ3) is 2.34. The van der Waals surface area contributed by atoms with Gasteiger partial charge in [-0.1, -0.05) is 11.3 Å². The summed E-state index contributed by atoms with van der Waals surface area (Å²) in [4.78, 5) is 11.5. The Balaban J connectivity index is 1.93. The molecule has 0 aromatic carbocycles. The van der Waals surface area contributed by atoms with Crippen molar-refractivity contribution in [2.75, 3.05) is 5.73 Å². The molecule has 2 rings (SSSR count). The number of aromatic nitrogens is 4. The molecule has 7 nitrogen and oxygen atoms in total. The maximum Gasteiger partial charge on any atom is 0.282 e. The minimum Gasteiger partial charge on any atom is -0.374 e. The second kappa shape index (κ2) is 4.27. The normalized spacial score (nSPS) is 10.3. The number of amides is 1. The van der Waals surface area contributed by atoms with Crippen molar-refractivity contribution < 1.29 is 4.79 Å². The zero-order valence-electron chi connectivity index (χ0n) is 8.54. The summed E-state index contributed by atoms with van der Waals surface area (Å²) in [6.07, 6.45) is 1.81. The molecule has 0 unspecified atom stereocenters. The molecule has 0 saturated carbocycles. The largest absolute Gasteiger partial charge is 0.374 e. The van der Waals surface area contributed by atoms with Crippen LogP contribution in [0.4, 0.5) is 5.13 Å². The zero-order chi connectivity index (χ0) is 11.5. The van der Waals surface area contributed by atoms with Gasteiger partial charge in [0.2, 0.25) is 10.1 Å². The van der Waals surface area contributed by atoms with Gasteiger partial charge >= 0.3 is 0 Å². The van der Waals surface area contributed by atoms with Crippen LogP contribution in [0.1, 0.15) is 15.5 Å². The van der Waals surface area contributed by atoms with Gasteiger partial charge in [0, 0.05) is 13.2 Å². The van der Waals surface area contributed by atoms with E-state index in [4.69, 9.17) is 5.73 Å². The van der Waals surface area contributed by atoms with Crippen LogP contribution in [0, 0.1) is 0 Å². The van der Waals surface area contributed by atoms with Crippen molar-refractivity contribution in [3.05, 3.63) is 23.0 Å². The highest BCUT2D eigenvalue weighted by Gasteiger charge is 2.11. The summed E-state index contributed by atoms with van der Waals surface area (Å²) in [5, 5.41) is 14.5. The number of hydrogen-bond acceptors (Lipinski definition) is 6. The van der Waals surface area contributed by atoms with Crippen LogP contribution in [0.25, 0.3) is 0 Å². The Bertz CT molecular complexity index is 504. The Labute approximate surface area is 95.3 Å². The van der Waals surface area contributed by atoms with E-state index >= 15 is 0 Å². The number of nitrogens with one attached hydrogen (secondary N) is 1.